The number of nitriles is 1. The summed E-state index contributed by atoms with van der Waals surface area (Å²) in [5.41, 5.74) is 2.84. The van der Waals surface area contributed by atoms with Crippen molar-refractivity contribution < 1.29 is 9.84 Å². The zero-order valence-electron chi connectivity index (χ0n) is 22.9. The van der Waals surface area contributed by atoms with Gasteiger partial charge in [0, 0.05) is 36.8 Å². The molecule has 1 fully saturated rings. The topological polar surface area (TPSA) is 59.7 Å². The van der Waals surface area contributed by atoms with Crippen LogP contribution < -0.4 is 4.90 Å². The van der Waals surface area contributed by atoms with Crippen molar-refractivity contribution >= 4 is 34.6 Å². The minimum absolute atomic E-state index is 0.0162. The summed E-state index contributed by atoms with van der Waals surface area (Å²) < 4.78 is 5.90. The molecular weight excluding hydrogens is 529 g/mol. The molecule has 0 aromatic heterocycles. The zero-order chi connectivity index (χ0) is 28.4. The maximum Gasteiger partial charge on any atom is 0.120 e. The van der Waals surface area contributed by atoms with E-state index in [0.29, 0.717) is 41.0 Å². The van der Waals surface area contributed by atoms with Crippen LogP contribution in [0.2, 0.25) is 10.0 Å². The second kappa shape index (κ2) is 11.6. The van der Waals surface area contributed by atoms with Gasteiger partial charge in [-0.2, -0.15) is 5.26 Å². The fourth-order valence-corrected chi connectivity index (χ4v) is 5.44. The van der Waals surface area contributed by atoms with Crippen LogP contribution in [0.1, 0.15) is 56.0 Å². The lowest BCUT2D eigenvalue weighted by Crippen LogP contribution is -2.52. The number of hydrogen-bond acceptors (Lipinski definition) is 5. The van der Waals surface area contributed by atoms with Crippen LogP contribution in [0.4, 0.5) is 5.69 Å². The first kappa shape index (κ1) is 29.0. The number of β-amino-alcohol motifs (C(OH)–C–C–N with tert-alkyl or cyclic N) is 1. The summed E-state index contributed by atoms with van der Waals surface area (Å²) in [6, 6.07) is 23.2. The van der Waals surface area contributed by atoms with E-state index in [1.165, 1.54) is 0 Å². The zero-order valence-corrected chi connectivity index (χ0v) is 24.4. The molecule has 204 valence electrons. The summed E-state index contributed by atoms with van der Waals surface area (Å²) in [4.78, 5) is 4.55. The Kier molecular flexibility index (Phi) is 8.63. The number of rotatable bonds is 7. The molecule has 1 aliphatic rings. The van der Waals surface area contributed by atoms with E-state index in [4.69, 9.17) is 27.9 Å². The van der Waals surface area contributed by atoms with Crippen molar-refractivity contribution in [1.82, 2.24) is 4.90 Å². The molecule has 39 heavy (non-hydrogen) atoms. The average Bonchev–Trinajstić information content (AvgIpc) is 2.88. The third kappa shape index (κ3) is 7.15. The molecule has 0 spiro atoms. The second-order valence-corrected chi connectivity index (χ2v) is 12.1. The number of aliphatic hydroxyl groups is 1. The molecule has 1 aliphatic heterocycles. The standard InChI is InChI=1S/C32H35Cl2N3O2/c1-22(39-31(2,3)4)24-7-11-26(12-8-24)32(5,38)21-36-16-17-37(29-15-6-23(19-35)18-28(29)34)30(20-36)25-9-13-27(33)14-10-25/h6-15,18,30,38H,1,16-17,20-21H2,2-5H3/t30-,32+/m0/s1. The largest absolute Gasteiger partial charge is 0.488 e. The van der Waals surface area contributed by atoms with E-state index < -0.39 is 5.60 Å². The summed E-state index contributed by atoms with van der Waals surface area (Å²) >= 11 is 12.8. The van der Waals surface area contributed by atoms with Crippen LogP contribution in [0.5, 0.6) is 0 Å². The van der Waals surface area contributed by atoms with Gasteiger partial charge in [-0.1, -0.05) is 66.2 Å². The SMILES string of the molecule is C=C(OC(C)(C)C)c1ccc([C@](C)(O)CN2CCN(c3ccc(C#N)cc3Cl)[C@H](c3ccc(Cl)cc3)C2)cc1. The molecule has 0 unspecified atom stereocenters. The van der Waals surface area contributed by atoms with E-state index in [1.54, 1.807) is 12.1 Å². The predicted molar refractivity (Wildman–Crippen MR) is 160 cm³/mol. The maximum atomic E-state index is 11.6. The predicted octanol–water partition coefficient (Wildman–Crippen LogP) is 7.42. The first-order chi connectivity index (χ1) is 18.4. The normalized spacial score (nSPS) is 17.8. The van der Waals surface area contributed by atoms with Gasteiger partial charge in [-0.05, 0) is 69.2 Å². The molecule has 0 aliphatic carbocycles. The molecule has 4 rings (SSSR count). The fraction of sp³-hybridized carbons (Fsp3) is 0.344. The van der Waals surface area contributed by atoms with Gasteiger partial charge in [-0.25, -0.2) is 0 Å². The molecule has 1 N–H and O–H groups in total. The molecule has 0 bridgehead atoms. The smallest absolute Gasteiger partial charge is 0.120 e. The third-order valence-corrected chi connectivity index (χ3v) is 7.45. The van der Waals surface area contributed by atoms with E-state index in [2.05, 4.69) is 22.4 Å². The van der Waals surface area contributed by atoms with Gasteiger partial charge < -0.3 is 14.7 Å². The fourth-order valence-electron chi connectivity index (χ4n) is 5.02. The summed E-state index contributed by atoms with van der Waals surface area (Å²) in [5, 5.41) is 22.0. The van der Waals surface area contributed by atoms with Crippen LogP contribution in [0.15, 0.2) is 73.3 Å². The van der Waals surface area contributed by atoms with Gasteiger partial charge in [0.25, 0.3) is 0 Å². The molecule has 0 radical (unpaired) electrons. The lowest BCUT2D eigenvalue weighted by Gasteiger charge is -2.45. The van der Waals surface area contributed by atoms with Crippen molar-refractivity contribution in [2.75, 3.05) is 31.1 Å². The van der Waals surface area contributed by atoms with Crippen LogP contribution in [-0.2, 0) is 10.3 Å². The lowest BCUT2D eigenvalue weighted by molar-refractivity contribution is 0.0103. The first-order valence-electron chi connectivity index (χ1n) is 13.0. The van der Waals surface area contributed by atoms with Gasteiger partial charge in [0.2, 0.25) is 0 Å². The molecule has 0 amide bonds. The molecule has 7 heteroatoms. The average molecular weight is 565 g/mol. The monoisotopic (exact) mass is 563 g/mol. The number of nitrogens with zero attached hydrogens (tertiary/aromatic N) is 3. The van der Waals surface area contributed by atoms with E-state index in [-0.39, 0.29) is 11.6 Å². The second-order valence-electron chi connectivity index (χ2n) is 11.3. The molecule has 3 aromatic carbocycles. The number of anilines is 1. The van der Waals surface area contributed by atoms with Gasteiger partial charge >= 0.3 is 0 Å². The Morgan fingerprint density at radius 3 is 2.28 bits per heavy atom. The summed E-state index contributed by atoms with van der Waals surface area (Å²) in [7, 11) is 0. The van der Waals surface area contributed by atoms with Crippen LogP contribution in [0.25, 0.3) is 5.76 Å². The molecule has 3 aromatic rings. The summed E-state index contributed by atoms with van der Waals surface area (Å²) in [5.74, 6) is 0.608. The van der Waals surface area contributed by atoms with Crippen LogP contribution in [0.3, 0.4) is 0 Å². The first-order valence-corrected chi connectivity index (χ1v) is 13.8. The van der Waals surface area contributed by atoms with Crippen molar-refractivity contribution in [3.8, 4) is 6.07 Å². The van der Waals surface area contributed by atoms with E-state index >= 15 is 0 Å². The highest BCUT2D eigenvalue weighted by Gasteiger charge is 2.34. The van der Waals surface area contributed by atoms with Crippen LogP contribution in [0, 0.1) is 11.3 Å². The molecule has 1 heterocycles. The van der Waals surface area contributed by atoms with Crippen molar-refractivity contribution in [3.05, 3.63) is 106 Å². The van der Waals surface area contributed by atoms with Gasteiger partial charge in [-0.15, -0.1) is 0 Å². The van der Waals surface area contributed by atoms with Gasteiger partial charge in [-0.3, -0.25) is 4.90 Å². The Morgan fingerprint density at radius 2 is 1.69 bits per heavy atom. The number of benzene rings is 3. The Balaban J connectivity index is 1.54. The van der Waals surface area contributed by atoms with Crippen molar-refractivity contribution in [3.63, 3.8) is 0 Å². The number of ether oxygens (including phenoxy) is 1. The lowest BCUT2D eigenvalue weighted by atomic mass is 9.93. The highest BCUT2D eigenvalue weighted by molar-refractivity contribution is 6.33. The number of hydrogen-bond donors (Lipinski definition) is 1. The quantitative estimate of drug-likeness (QED) is 0.303. The van der Waals surface area contributed by atoms with Crippen molar-refractivity contribution in [1.29, 1.82) is 5.26 Å². The maximum absolute atomic E-state index is 11.6. The van der Waals surface area contributed by atoms with Crippen LogP contribution in [-0.4, -0.2) is 41.8 Å². The third-order valence-electron chi connectivity index (χ3n) is 6.90. The van der Waals surface area contributed by atoms with Gasteiger partial charge in [0.05, 0.1) is 34.0 Å². The van der Waals surface area contributed by atoms with E-state index in [0.717, 1.165) is 28.9 Å². The highest BCUT2D eigenvalue weighted by Crippen LogP contribution is 2.37. The van der Waals surface area contributed by atoms with Gasteiger partial charge in [0.1, 0.15) is 11.4 Å². The molecule has 0 saturated carbocycles. The minimum Gasteiger partial charge on any atom is -0.488 e. The van der Waals surface area contributed by atoms with Crippen molar-refractivity contribution in [2.45, 2.75) is 44.9 Å². The Bertz CT molecular complexity index is 1360. The minimum atomic E-state index is -1.07. The summed E-state index contributed by atoms with van der Waals surface area (Å²) in [6.45, 7) is 14.5. The summed E-state index contributed by atoms with van der Waals surface area (Å²) in [6.07, 6.45) is 0. The number of piperazine rings is 1. The molecule has 5 nitrogen and oxygen atoms in total. The number of halogens is 2. The van der Waals surface area contributed by atoms with E-state index in [1.807, 2.05) is 82.3 Å². The van der Waals surface area contributed by atoms with Gasteiger partial charge in [0.15, 0.2) is 0 Å². The molecule has 2 atom stereocenters. The molecular formula is C32H35Cl2N3O2. The van der Waals surface area contributed by atoms with E-state index in [9.17, 15) is 10.4 Å². The Labute approximate surface area is 241 Å². The molecule has 1 saturated heterocycles. The Hall–Kier alpha value is -3.01. The van der Waals surface area contributed by atoms with Crippen LogP contribution >= 0.6 is 23.2 Å². The highest BCUT2D eigenvalue weighted by atomic mass is 35.5. The Morgan fingerprint density at radius 1 is 1.03 bits per heavy atom. The van der Waals surface area contributed by atoms with Crippen molar-refractivity contribution in [2.24, 2.45) is 0 Å².